The van der Waals surface area contributed by atoms with Gasteiger partial charge in [-0.1, -0.05) is 12.1 Å². The summed E-state index contributed by atoms with van der Waals surface area (Å²) in [6.45, 7) is 0. The fourth-order valence-corrected chi connectivity index (χ4v) is 2.06. The zero-order chi connectivity index (χ0) is 15.5. The first kappa shape index (κ1) is 13.7. The minimum absolute atomic E-state index is 0.0429. The number of nitro benzene ring substituents is 1. The molecular formula is C15H13N5O2. The molecular weight excluding hydrogens is 282 g/mol. The maximum absolute atomic E-state index is 10.6. The van der Waals surface area contributed by atoms with E-state index in [1.54, 1.807) is 12.1 Å². The van der Waals surface area contributed by atoms with Crippen LogP contribution in [0.15, 0.2) is 48.5 Å². The number of nitrogens with one attached hydrogen (secondary N) is 1. The van der Waals surface area contributed by atoms with E-state index >= 15 is 0 Å². The van der Waals surface area contributed by atoms with Crippen LogP contribution in [0.25, 0.3) is 11.4 Å². The van der Waals surface area contributed by atoms with Gasteiger partial charge in [-0.25, -0.2) is 4.98 Å². The summed E-state index contributed by atoms with van der Waals surface area (Å²) >= 11 is 0. The minimum atomic E-state index is -0.436. The lowest BCUT2D eigenvalue weighted by Gasteiger charge is -1.98. The van der Waals surface area contributed by atoms with Gasteiger partial charge in [0.1, 0.15) is 5.82 Å². The summed E-state index contributed by atoms with van der Waals surface area (Å²) < 4.78 is 0. The first-order chi connectivity index (χ1) is 10.6. The molecule has 3 rings (SSSR count). The number of aromatic nitrogens is 3. The van der Waals surface area contributed by atoms with Gasteiger partial charge in [0.15, 0.2) is 5.82 Å². The molecule has 3 N–H and O–H groups in total. The van der Waals surface area contributed by atoms with E-state index in [0.717, 1.165) is 17.0 Å². The van der Waals surface area contributed by atoms with E-state index in [0.29, 0.717) is 17.9 Å². The maximum atomic E-state index is 10.6. The van der Waals surface area contributed by atoms with Crippen LogP contribution in [0.4, 0.5) is 11.4 Å². The van der Waals surface area contributed by atoms with Crippen molar-refractivity contribution in [2.24, 2.45) is 0 Å². The molecule has 3 aromatic rings. The molecule has 0 atom stereocenters. The highest BCUT2D eigenvalue weighted by molar-refractivity contribution is 5.57. The summed E-state index contributed by atoms with van der Waals surface area (Å²) in [5.74, 6) is 1.23. The largest absolute Gasteiger partial charge is 0.399 e. The average Bonchev–Trinajstić information content (AvgIpc) is 2.98. The molecule has 110 valence electrons. The van der Waals surface area contributed by atoms with Gasteiger partial charge < -0.3 is 5.73 Å². The second-order valence-corrected chi connectivity index (χ2v) is 4.83. The molecule has 1 heterocycles. The van der Waals surface area contributed by atoms with Crippen molar-refractivity contribution >= 4 is 11.4 Å². The number of nitrogens with zero attached hydrogens (tertiary/aromatic N) is 3. The molecule has 0 bridgehead atoms. The quantitative estimate of drug-likeness (QED) is 0.436. The summed E-state index contributed by atoms with van der Waals surface area (Å²) in [5.41, 5.74) is 8.21. The third-order valence-electron chi connectivity index (χ3n) is 3.22. The van der Waals surface area contributed by atoms with Crippen molar-refractivity contribution < 1.29 is 4.92 Å². The number of nitrogens with two attached hydrogens (primary N) is 1. The highest BCUT2D eigenvalue weighted by atomic mass is 16.6. The Morgan fingerprint density at radius 1 is 1.09 bits per heavy atom. The number of aromatic amines is 1. The minimum Gasteiger partial charge on any atom is -0.399 e. The van der Waals surface area contributed by atoms with Gasteiger partial charge in [-0.2, -0.15) is 5.10 Å². The molecule has 1 aromatic heterocycles. The second kappa shape index (κ2) is 5.65. The van der Waals surface area contributed by atoms with Crippen LogP contribution in [-0.2, 0) is 6.42 Å². The third kappa shape index (κ3) is 2.93. The number of benzene rings is 2. The Balaban J connectivity index is 1.78. The Labute approximate surface area is 126 Å². The fourth-order valence-electron chi connectivity index (χ4n) is 2.06. The Morgan fingerprint density at radius 3 is 2.41 bits per heavy atom. The fraction of sp³-hybridized carbons (Fsp3) is 0.0667. The molecule has 0 saturated carbocycles. The van der Waals surface area contributed by atoms with E-state index in [1.807, 2.05) is 24.3 Å². The van der Waals surface area contributed by atoms with Crippen molar-refractivity contribution in [2.45, 2.75) is 6.42 Å². The first-order valence-corrected chi connectivity index (χ1v) is 6.62. The molecule has 7 nitrogen and oxygen atoms in total. The van der Waals surface area contributed by atoms with E-state index < -0.39 is 4.92 Å². The van der Waals surface area contributed by atoms with Crippen molar-refractivity contribution in [3.63, 3.8) is 0 Å². The first-order valence-electron chi connectivity index (χ1n) is 6.62. The van der Waals surface area contributed by atoms with Gasteiger partial charge in [-0.05, 0) is 29.8 Å². The molecule has 2 aromatic carbocycles. The molecule has 0 aliphatic carbocycles. The van der Waals surface area contributed by atoms with Gasteiger partial charge in [-0.15, -0.1) is 0 Å². The van der Waals surface area contributed by atoms with Gasteiger partial charge in [0.05, 0.1) is 4.92 Å². The third-order valence-corrected chi connectivity index (χ3v) is 3.22. The summed E-state index contributed by atoms with van der Waals surface area (Å²) in [6, 6.07) is 13.7. The summed E-state index contributed by atoms with van der Waals surface area (Å²) in [6.07, 6.45) is 0.611. The molecule has 7 heteroatoms. The van der Waals surface area contributed by atoms with Crippen LogP contribution in [0.3, 0.4) is 0 Å². The highest BCUT2D eigenvalue weighted by Crippen LogP contribution is 2.19. The molecule has 0 radical (unpaired) electrons. The zero-order valence-electron chi connectivity index (χ0n) is 11.6. The van der Waals surface area contributed by atoms with Gasteiger partial charge in [-0.3, -0.25) is 15.2 Å². The van der Waals surface area contributed by atoms with E-state index in [4.69, 9.17) is 5.73 Å². The number of rotatable bonds is 4. The molecule has 0 unspecified atom stereocenters. The van der Waals surface area contributed by atoms with Gasteiger partial charge in [0.2, 0.25) is 0 Å². The summed E-state index contributed by atoms with van der Waals surface area (Å²) in [7, 11) is 0. The lowest BCUT2D eigenvalue weighted by Crippen LogP contribution is -1.92. The summed E-state index contributed by atoms with van der Waals surface area (Å²) in [4.78, 5) is 14.6. The average molecular weight is 295 g/mol. The number of non-ortho nitro benzene ring substituents is 1. The van der Waals surface area contributed by atoms with Gasteiger partial charge in [0.25, 0.3) is 5.69 Å². The molecule has 0 saturated heterocycles. The Morgan fingerprint density at radius 2 is 1.77 bits per heavy atom. The number of nitro groups is 1. The lowest BCUT2D eigenvalue weighted by molar-refractivity contribution is -0.384. The SMILES string of the molecule is Nc1ccc(Cc2nc(-c3ccc([N+](=O)[O-])cc3)n[nH]2)cc1. The topological polar surface area (TPSA) is 111 Å². The highest BCUT2D eigenvalue weighted by Gasteiger charge is 2.09. The van der Waals surface area contributed by atoms with Crippen LogP contribution in [0, 0.1) is 10.1 Å². The van der Waals surface area contributed by atoms with E-state index in [9.17, 15) is 10.1 Å². The van der Waals surface area contributed by atoms with E-state index in [-0.39, 0.29) is 5.69 Å². The van der Waals surface area contributed by atoms with Crippen molar-refractivity contribution in [1.82, 2.24) is 15.2 Å². The monoisotopic (exact) mass is 295 g/mol. The van der Waals surface area contributed by atoms with Crippen LogP contribution < -0.4 is 5.73 Å². The normalized spacial score (nSPS) is 10.5. The number of anilines is 1. The molecule has 0 aliphatic rings. The summed E-state index contributed by atoms with van der Waals surface area (Å²) in [5, 5.41) is 17.7. The van der Waals surface area contributed by atoms with Crippen LogP contribution in [-0.4, -0.2) is 20.1 Å². The second-order valence-electron chi connectivity index (χ2n) is 4.83. The number of nitrogen functional groups attached to an aromatic ring is 1. The van der Waals surface area contributed by atoms with Crippen LogP contribution in [0.1, 0.15) is 11.4 Å². The predicted molar refractivity (Wildman–Crippen MR) is 82.1 cm³/mol. The molecule has 22 heavy (non-hydrogen) atoms. The Kier molecular flexibility index (Phi) is 3.53. The number of hydrogen-bond acceptors (Lipinski definition) is 5. The van der Waals surface area contributed by atoms with E-state index in [1.165, 1.54) is 12.1 Å². The van der Waals surface area contributed by atoms with Crippen LogP contribution in [0.5, 0.6) is 0 Å². The van der Waals surface area contributed by atoms with Crippen molar-refractivity contribution in [2.75, 3.05) is 5.73 Å². The Bertz CT molecular complexity index is 794. The van der Waals surface area contributed by atoms with Crippen LogP contribution in [0.2, 0.25) is 0 Å². The number of H-pyrrole nitrogens is 1. The predicted octanol–water partition coefficient (Wildman–Crippen LogP) is 2.55. The maximum Gasteiger partial charge on any atom is 0.269 e. The van der Waals surface area contributed by atoms with E-state index in [2.05, 4.69) is 15.2 Å². The molecule has 0 spiro atoms. The Hall–Kier alpha value is -3.22. The smallest absolute Gasteiger partial charge is 0.269 e. The van der Waals surface area contributed by atoms with Crippen LogP contribution >= 0.6 is 0 Å². The van der Waals surface area contributed by atoms with Crippen molar-refractivity contribution in [3.05, 3.63) is 70.0 Å². The molecule has 0 amide bonds. The van der Waals surface area contributed by atoms with Crippen molar-refractivity contribution in [1.29, 1.82) is 0 Å². The van der Waals surface area contributed by atoms with Gasteiger partial charge >= 0.3 is 0 Å². The zero-order valence-corrected chi connectivity index (χ0v) is 11.6. The molecule has 0 aliphatic heterocycles. The standard InChI is InChI=1S/C15H13N5O2/c16-12-5-1-10(2-6-12)9-14-17-15(19-18-14)11-3-7-13(8-4-11)20(21)22/h1-8H,9,16H2,(H,17,18,19). The van der Waals surface area contributed by atoms with Gasteiger partial charge in [0, 0.05) is 29.8 Å². The lowest BCUT2D eigenvalue weighted by atomic mass is 10.1. The van der Waals surface area contributed by atoms with Crippen molar-refractivity contribution in [3.8, 4) is 11.4 Å². The molecule has 0 fully saturated rings. The number of hydrogen-bond donors (Lipinski definition) is 2.